The van der Waals surface area contributed by atoms with Crippen molar-refractivity contribution in [2.75, 3.05) is 18.4 Å². The standard InChI is InChI=1S/C19H24N4O3S/c1-13-8-14(2)12-23(11-13)27(25,26)17-6-4-16(5-7-17)22-19(24)18-10-20-15(3)9-21-18/h4-7,9-10,13-14H,8,11-12H2,1-3H3,(H,22,24)/t13-,14-/m1/s1. The molecule has 1 aromatic carbocycles. The van der Waals surface area contributed by atoms with E-state index in [1.807, 2.05) is 0 Å². The molecular weight excluding hydrogens is 364 g/mol. The fraction of sp³-hybridized carbons (Fsp3) is 0.421. The van der Waals surface area contributed by atoms with Crippen LogP contribution in [0.25, 0.3) is 0 Å². The summed E-state index contributed by atoms with van der Waals surface area (Å²) in [6, 6.07) is 6.22. The van der Waals surface area contributed by atoms with E-state index in [2.05, 4.69) is 29.1 Å². The van der Waals surface area contributed by atoms with E-state index in [0.717, 1.165) is 12.1 Å². The van der Waals surface area contributed by atoms with Gasteiger partial charge in [-0.3, -0.25) is 9.78 Å². The van der Waals surface area contributed by atoms with E-state index >= 15 is 0 Å². The third-order valence-corrected chi connectivity index (χ3v) is 6.44. The van der Waals surface area contributed by atoms with Crippen molar-refractivity contribution in [3.8, 4) is 0 Å². The molecule has 0 spiro atoms. The number of nitrogens with zero attached hydrogens (tertiary/aromatic N) is 3. The van der Waals surface area contributed by atoms with Gasteiger partial charge in [0.1, 0.15) is 5.69 Å². The molecule has 1 aliphatic heterocycles. The number of nitrogens with one attached hydrogen (secondary N) is 1. The second-order valence-corrected chi connectivity index (χ2v) is 9.23. The second kappa shape index (κ2) is 7.74. The molecule has 0 bridgehead atoms. The van der Waals surface area contributed by atoms with E-state index in [-0.39, 0.29) is 10.6 Å². The van der Waals surface area contributed by atoms with Gasteiger partial charge in [-0.05, 0) is 49.4 Å². The summed E-state index contributed by atoms with van der Waals surface area (Å²) in [4.78, 5) is 20.5. The SMILES string of the molecule is Cc1cnc(C(=O)Nc2ccc(S(=O)(=O)N3C[C@H](C)C[C@@H](C)C3)cc2)cn1. The van der Waals surface area contributed by atoms with E-state index in [1.165, 1.54) is 24.5 Å². The van der Waals surface area contributed by atoms with Crippen molar-refractivity contribution in [1.29, 1.82) is 0 Å². The number of piperidine rings is 1. The van der Waals surface area contributed by atoms with Gasteiger partial charge in [0.25, 0.3) is 5.91 Å². The normalized spacial score (nSPS) is 21.0. The number of anilines is 1. The quantitative estimate of drug-likeness (QED) is 0.869. The fourth-order valence-electron chi connectivity index (χ4n) is 3.37. The van der Waals surface area contributed by atoms with Gasteiger partial charge in [0.05, 0.1) is 16.8 Å². The number of carbonyl (C=O) groups is 1. The van der Waals surface area contributed by atoms with Gasteiger partial charge >= 0.3 is 0 Å². The maximum absolute atomic E-state index is 12.9. The Hall–Kier alpha value is -2.32. The van der Waals surface area contributed by atoms with Crippen LogP contribution in [0, 0.1) is 18.8 Å². The molecule has 1 aliphatic rings. The summed E-state index contributed by atoms with van der Waals surface area (Å²) in [5, 5.41) is 2.70. The monoisotopic (exact) mass is 388 g/mol. The number of hydrogen-bond donors (Lipinski definition) is 1. The molecular formula is C19H24N4O3S. The molecule has 0 saturated carbocycles. The number of aryl methyl sites for hydroxylation is 1. The van der Waals surface area contributed by atoms with Crippen molar-refractivity contribution >= 4 is 21.6 Å². The zero-order chi connectivity index (χ0) is 19.6. The average Bonchev–Trinajstić information content (AvgIpc) is 2.62. The molecule has 1 saturated heterocycles. The Labute approximate surface area is 159 Å². The summed E-state index contributed by atoms with van der Waals surface area (Å²) in [5.41, 5.74) is 1.43. The molecule has 7 nitrogen and oxygen atoms in total. The molecule has 1 aromatic heterocycles. The molecule has 2 atom stereocenters. The van der Waals surface area contributed by atoms with E-state index in [0.29, 0.717) is 30.6 Å². The summed E-state index contributed by atoms with van der Waals surface area (Å²) in [5.74, 6) is 0.298. The lowest BCUT2D eigenvalue weighted by Crippen LogP contribution is -2.42. The average molecular weight is 388 g/mol. The maximum atomic E-state index is 12.9. The van der Waals surface area contributed by atoms with Gasteiger partial charge in [-0.1, -0.05) is 13.8 Å². The Morgan fingerprint density at radius 3 is 2.26 bits per heavy atom. The molecule has 1 fully saturated rings. The minimum Gasteiger partial charge on any atom is -0.321 e. The molecule has 1 N–H and O–H groups in total. The number of benzene rings is 1. The molecule has 0 radical (unpaired) electrons. The molecule has 2 aromatic rings. The van der Waals surface area contributed by atoms with Gasteiger partial charge < -0.3 is 5.32 Å². The van der Waals surface area contributed by atoms with E-state index < -0.39 is 15.9 Å². The first-order valence-corrected chi connectivity index (χ1v) is 10.4. The van der Waals surface area contributed by atoms with Gasteiger partial charge in [0.2, 0.25) is 10.0 Å². The van der Waals surface area contributed by atoms with E-state index in [9.17, 15) is 13.2 Å². The zero-order valence-corrected chi connectivity index (χ0v) is 16.5. The summed E-state index contributed by atoms with van der Waals surface area (Å²) >= 11 is 0. The third-order valence-electron chi connectivity index (χ3n) is 4.60. The summed E-state index contributed by atoms with van der Waals surface area (Å²) in [7, 11) is -3.53. The first-order chi connectivity index (χ1) is 12.8. The van der Waals surface area contributed by atoms with Crippen LogP contribution in [0.1, 0.15) is 36.5 Å². The summed E-state index contributed by atoms with van der Waals surface area (Å²) < 4.78 is 27.3. The topological polar surface area (TPSA) is 92.3 Å². The molecule has 0 unspecified atom stereocenters. The highest BCUT2D eigenvalue weighted by Gasteiger charge is 2.31. The first-order valence-electron chi connectivity index (χ1n) is 8.96. The van der Waals surface area contributed by atoms with E-state index in [4.69, 9.17) is 0 Å². The van der Waals surface area contributed by atoms with Crippen LogP contribution in [0.4, 0.5) is 5.69 Å². The second-order valence-electron chi connectivity index (χ2n) is 7.29. The highest BCUT2D eigenvalue weighted by atomic mass is 32.2. The minimum atomic E-state index is -3.53. The van der Waals surface area contributed by atoms with Crippen LogP contribution in [0.3, 0.4) is 0 Å². The van der Waals surface area contributed by atoms with Crippen LogP contribution in [0.15, 0.2) is 41.6 Å². The number of amides is 1. The van der Waals surface area contributed by atoms with Crippen molar-refractivity contribution in [1.82, 2.24) is 14.3 Å². The predicted octanol–water partition coefficient (Wildman–Crippen LogP) is 2.70. The third kappa shape index (κ3) is 4.51. The van der Waals surface area contributed by atoms with Gasteiger partial charge in [-0.25, -0.2) is 13.4 Å². The molecule has 8 heteroatoms. The van der Waals surface area contributed by atoms with Crippen molar-refractivity contribution in [2.24, 2.45) is 11.8 Å². The number of sulfonamides is 1. The number of rotatable bonds is 4. The lowest BCUT2D eigenvalue weighted by atomic mass is 9.94. The fourth-order valence-corrected chi connectivity index (χ4v) is 5.05. The van der Waals surface area contributed by atoms with Gasteiger partial charge in [0.15, 0.2) is 0 Å². The number of hydrogen-bond acceptors (Lipinski definition) is 5. The highest BCUT2D eigenvalue weighted by Crippen LogP contribution is 2.27. The van der Waals surface area contributed by atoms with Crippen molar-refractivity contribution in [2.45, 2.75) is 32.1 Å². The lowest BCUT2D eigenvalue weighted by Gasteiger charge is -2.34. The molecule has 144 valence electrons. The largest absolute Gasteiger partial charge is 0.321 e. The Morgan fingerprint density at radius 2 is 1.70 bits per heavy atom. The van der Waals surface area contributed by atoms with Crippen LogP contribution < -0.4 is 5.32 Å². The Bertz CT molecular complexity index is 901. The van der Waals surface area contributed by atoms with Crippen LogP contribution in [0.2, 0.25) is 0 Å². The van der Waals surface area contributed by atoms with Gasteiger partial charge in [0, 0.05) is 25.0 Å². The smallest absolute Gasteiger partial charge is 0.275 e. The molecule has 2 heterocycles. The van der Waals surface area contributed by atoms with Crippen molar-refractivity contribution in [3.05, 3.63) is 48.0 Å². The van der Waals surface area contributed by atoms with Crippen molar-refractivity contribution < 1.29 is 13.2 Å². The van der Waals surface area contributed by atoms with Crippen LogP contribution >= 0.6 is 0 Å². The van der Waals surface area contributed by atoms with Gasteiger partial charge in [-0.15, -0.1) is 0 Å². The summed E-state index contributed by atoms with van der Waals surface area (Å²) in [6.45, 7) is 7.02. The minimum absolute atomic E-state index is 0.202. The highest BCUT2D eigenvalue weighted by molar-refractivity contribution is 7.89. The first kappa shape index (κ1) is 19.4. The predicted molar refractivity (Wildman–Crippen MR) is 103 cm³/mol. The number of aromatic nitrogens is 2. The molecule has 3 rings (SSSR count). The summed E-state index contributed by atoms with van der Waals surface area (Å²) in [6.07, 6.45) is 3.96. The Balaban J connectivity index is 1.72. The van der Waals surface area contributed by atoms with Gasteiger partial charge in [-0.2, -0.15) is 4.31 Å². The molecule has 27 heavy (non-hydrogen) atoms. The zero-order valence-electron chi connectivity index (χ0n) is 15.7. The molecule has 1 amide bonds. The van der Waals surface area contributed by atoms with E-state index in [1.54, 1.807) is 23.4 Å². The van der Waals surface area contributed by atoms with Crippen LogP contribution in [-0.2, 0) is 10.0 Å². The molecule has 0 aliphatic carbocycles. The Morgan fingerprint density at radius 1 is 1.07 bits per heavy atom. The number of carbonyl (C=O) groups excluding carboxylic acids is 1. The maximum Gasteiger partial charge on any atom is 0.275 e. The van der Waals surface area contributed by atoms with Crippen LogP contribution in [0.5, 0.6) is 0 Å². The van der Waals surface area contributed by atoms with Crippen LogP contribution in [-0.4, -0.2) is 41.7 Å². The van der Waals surface area contributed by atoms with Crippen molar-refractivity contribution in [3.63, 3.8) is 0 Å². The lowest BCUT2D eigenvalue weighted by molar-refractivity contribution is 0.102. The Kier molecular flexibility index (Phi) is 5.57.